The highest BCUT2D eigenvalue weighted by Crippen LogP contribution is 2.34. The molecule has 0 saturated heterocycles. The average molecular weight is 362 g/mol. The van der Waals surface area contributed by atoms with Crippen LogP contribution in [0.1, 0.15) is 62.5 Å². The number of nitrogens with zero attached hydrogens (tertiary/aromatic N) is 2. The van der Waals surface area contributed by atoms with E-state index in [4.69, 9.17) is 16.6 Å². The second-order valence-corrected chi connectivity index (χ2v) is 7.48. The lowest BCUT2D eigenvalue weighted by molar-refractivity contribution is -0.119. The van der Waals surface area contributed by atoms with Gasteiger partial charge >= 0.3 is 0 Å². The summed E-state index contributed by atoms with van der Waals surface area (Å²) in [4.78, 5) is 33.4. The van der Waals surface area contributed by atoms with Crippen LogP contribution >= 0.6 is 11.6 Å². The number of carbonyl (C=O) groups excluding carboxylic acids is 1. The van der Waals surface area contributed by atoms with Gasteiger partial charge in [0, 0.05) is 17.5 Å². The Morgan fingerprint density at radius 2 is 2.24 bits per heavy atom. The summed E-state index contributed by atoms with van der Waals surface area (Å²) in [5, 5.41) is 0.819. The average Bonchev–Trinajstić information content (AvgIpc) is 2.59. The van der Waals surface area contributed by atoms with Crippen LogP contribution in [0.3, 0.4) is 0 Å². The van der Waals surface area contributed by atoms with E-state index in [9.17, 15) is 9.59 Å². The molecule has 1 aliphatic carbocycles. The van der Waals surface area contributed by atoms with Gasteiger partial charge in [0.2, 0.25) is 6.41 Å². The molecule has 0 radical (unpaired) electrons. The van der Waals surface area contributed by atoms with E-state index in [-0.39, 0.29) is 17.4 Å². The van der Waals surface area contributed by atoms with E-state index in [0.29, 0.717) is 24.5 Å². The van der Waals surface area contributed by atoms with E-state index >= 15 is 0 Å². The van der Waals surface area contributed by atoms with E-state index in [1.165, 1.54) is 0 Å². The summed E-state index contributed by atoms with van der Waals surface area (Å²) >= 11 is 6.11. The Bertz CT molecular complexity index is 781. The van der Waals surface area contributed by atoms with Crippen molar-refractivity contribution in [2.45, 2.75) is 52.0 Å². The van der Waals surface area contributed by atoms with Crippen LogP contribution in [0.25, 0.3) is 5.57 Å². The number of amides is 1. The highest BCUT2D eigenvalue weighted by Gasteiger charge is 2.29. The zero-order chi connectivity index (χ0) is 18.0. The first-order valence-electron chi connectivity index (χ1n) is 8.92. The van der Waals surface area contributed by atoms with Crippen molar-refractivity contribution in [2.24, 2.45) is 5.92 Å². The number of nitrogens with one attached hydrogen (secondary N) is 1. The van der Waals surface area contributed by atoms with E-state index in [0.717, 1.165) is 48.4 Å². The molecule has 134 valence electrons. The molecule has 0 bridgehead atoms. The molecule has 2 heterocycles. The lowest BCUT2D eigenvalue weighted by Crippen LogP contribution is -2.38. The molecule has 1 N–H and O–H groups in total. The summed E-state index contributed by atoms with van der Waals surface area (Å²) in [7, 11) is 0. The lowest BCUT2D eigenvalue weighted by Gasteiger charge is -2.31. The highest BCUT2D eigenvalue weighted by atomic mass is 35.5. The van der Waals surface area contributed by atoms with Crippen molar-refractivity contribution in [2.75, 3.05) is 6.54 Å². The standard InChI is InChI=1S/C19H24ClN3O2/c1-3-4-5-13-9-23(11-24)10-16-17(13)21-18(22-19(16)25)15-7-6-14(20)8-12(15)2/h6-7,11-13H,3-5,8-10H2,1-2H3,(H,21,22,25)/t12-,13?/m0/s1. The first-order valence-corrected chi connectivity index (χ1v) is 9.30. The molecule has 5 nitrogen and oxygen atoms in total. The van der Waals surface area contributed by atoms with Gasteiger partial charge in [0.15, 0.2) is 0 Å². The van der Waals surface area contributed by atoms with Crippen molar-refractivity contribution in [1.82, 2.24) is 14.9 Å². The molecule has 2 aliphatic rings. The number of hydrogen-bond donors (Lipinski definition) is 1. The lowest BCUT2D eigenvalue weighted by atomic mass is 9.89. The van der Waals surface area contributed by atoms with Crippen LogP contribution in [-0.4, -0.2) is 27.8 Å². The minimum atomic E-state index is -0.137. The topological polar surface area (TPSA) is 66.1 Å². The van der Waals surface area contributed by atoms with Crippen molar-refractivity contribution >= 4 is 23.6 Å². The smallest absolute Gasteiger partial charge is 0.256 e. The number of halogens is 1. The maximum Gasteiger partial charge on any atom is 0.256 e. The Hall–Kier alpha value is -1.88. The van der Waals surface area contributed by atoms with Crippen molar-refractivity contribution < 1.29 is 4.79 Å². The van der Waals surface area contributed by atoms with Gasteiger partial charge in [-0.05, 0) is 30.4 Å². The van der Waals surface area contributed by atoms with Crippen LogP contribution in [0, 0.1) is 5.92 Å². The Morgan fingerprint density at radius 1 is 1.44 bits per heavy atom. The van der Waals surface area contributed by atoms with Crippen molar-refractivity contribution in [1.29, 1.82) is 0 Å². The highest BCUT2D eigenvalue weighted by molar-refractivity contribution is 6.30. The third-order valence-corrected chi connectivity index (χ3v) is 5.34. The predicted molar refractivity (Wildman–Crippen MR) is 99.3 cm³/mol. The van der Waals surface area contributed by atoms with E-state index in [2.05, 4.69) is 18.8 Å². The van der Waals surface area contributed by atoms with Gasteiger partial charge in [0.25, 0.3) is 5.56 Å². The summed E-state index contributed by atoms with van der Waals surface area (Å²) < 4.78 is 0. The van der Waals surface area contributed by atoms with Crippen molar-refractivity contribution in [3.05, 3.63) is 44.6 Å². The number of aromatic amines is 1. The minimum Gasteiger partial charge on any atom is -0.340 e. The van der Waals surface area contributed by atoms with Crippen molar-refractivity contribution in [3.8, 4) is 0 Å². The first-order chi connectivity index (χ1) is 12.0. The normalized spacial score (nSPS) is 22.9. The number of allylic oxidation sites excluding steroid dienone is 4. The first kappa shape index (κ1) is 17.9. The molecule has 0 aromatic carbocycles. The van der Waals surface area contributed by atoms with Gasteiger partial charge in [-0.2, -0.15) is 0 Å². The summed E-state index contributed by atoms with van der Waals surface area (Å²) in [5.41, 5.74) is 2.36. The van der Waals surface area contributed by atoms with Crippen LogP contribution in [0.2, 0.25) is 0 Å². The zero-order valence-electron chi connectivity index (χ0n) is 14.7. The molecule has 0 saturated carbocycles. The van der Waals surface area contributed by atoms with Gasteiger partial charge in [-0.1, -0.05) is 44.4 Å². The summed E-state index contributed by atoms with van der Waals surface area (Å²) in [5.74, 6) is 0.967. The largest absolute Gasteiger partial charge is 0.340 e. The minimum absolute atomic E-state index is 0.119. The Morgan fingerprint density at radius 3 is 2.92 bits per heavy atom. The number of aromatic nitrogens is 2. The molecule has 1 aliphatic heterocycles. The van der Waals surface area contributed by atoms with Gasteiger partial charge in [0.05, 0.1) is 17.8 Å². The Balaban J connectivity index is 2.04. The second-order valence-electron chi connectivity index (χ2n) is 6.99. The van der Waals surface area contributed by atoms with E-state index in [1.54, 1.807) is 4.90 Å². The number of carbonyl (C=O) groups is 1. The van der Waals surface area contributed by atoms with Gasteiger partial charge in [-0.3, -0.25) is 9.59 Å². The molecule has 3 rings (SSSR count). The molecule has 0 fully saturated rings. The van der Waals surface area contributed by atoms with Gasteiger partial charge in [-0.15, -0.1) is 0 Å². The monoisotopic (exact) mass is 361 g/mol. The SMILES string of the molecule is CCCCC1CN(C=O)Cc2c1nc(C1=CC=C(Cl)C[C@@H]1C)[nH]c2=O. The molecule has 25 heavy (non-hydrogen) atoms. The fourth-order valence-electron chi connectivity index (χ4n) is 3.67. The number of fused-ring (bicyclic) bond motifs is 1. The third kappa shape index (κ3) is 3.71. The molecule has 0 spiro atoms. The zero-order valence-corrected chi connectivity index (χ0v) is 15.5. The van der Waals surface area contributed by atoms with Crippen LogP contribution in [0.5, 0.6) is 0 Å². The molecule has 1 aromatic heterocycles. The number of H-pyrrole nitrogens is 1. The molecule has 6 heteroatoms. The summed E-state index contributed by atoms with van der Waals surface area (Å²) in [6.45, 7) is 5.20. The third-order valence-electron chi connectivity index (χ3n) is 5.05. The van der Waals surface area contributed by atoms with Crippen LogP contribution in [0.15, 0.2) is 22.0 Å². The maximum absolute atomic E-state index is 12.7. The van der Waals surface area contributed by atoms with Crippen LogP contribution in [-0.2, 0) is 11.3 Å². The van der Waals surface area contributed by atoms with Crippen LogP contribution < -0.4 is 5.56 Å². The van der Waals surface area contributed by atoms with Crippen molar-refractivity contribution in [3.63, 3.8) is 0 Å². The van der Waals surface area contributed by atoms with E-state index in [1.807, 2.05) is 12.2 Å². The summed E-state index contributed by atoms with van der Waals surface area (Å²) in [6.07, 6.45) is 8.47. The molecular formula is C19H24ClN3O2. The van der Waals surface area contributed by atoms with Gasteiger partial charge < -0.3 is 9.88 Å². The molecule has 2 atom stereocenters. The van der Waals surface area contributed by atoms with Gasteiger partial charge in [0.1, 0.15) is 5.82 Å². The summed E-state index contributed by atoms with van der Waals surface area (Å²) in [6, 6.07) is 0. The quantitative estimate of drug-likeness (QED) is 0.815. The van der Waals surface area contributed by atoms with Crippen LogP contribution in [0.4, 0.5) is 0 Å². The Kier molecular flexibility index (Phi) is 5.42. The number of unbranched alkanes of at least 4 members (excludes halogenated alkanes) is 1. The van der Waals surface area contributed by atoms with E-state index < -0.39 is 0 Å². The predicted octanol–water partition coefficient (Wildman–Crippen LogP) is 3.56. The Labute approximate surface area is 152 Å². The molecule has 1 aromatic rings. The molecule has 1 unspecified atom stereocenters. The molecule has 1 amide bonds. The maximum atomic E-state index is 12.7. The fraction of sp³-hybridized carbons (Fsp3) is 0.526. The second kappa shape index (κ2) is 7.56. The fourth-order valence-corrected chi connectivity index (χ4v) is 3.96. The molecular weight excluding hydrogens is 338 g/mol. The number of rotatable bonds is 5. The number of hydrogen-bond acceptors (Lipinski definition) is 3. The van der Waals surface area contributed by atoms with Gasteiger partial charge in [-0.25, -0.2) is 4.98 Å².